The fourth-order valence-electron chi connectivity index (χ4n) is 1.58. The van der Waals surface area contributed by atoms with Gasteiger partial charge in [0.1, 0.15) is 0 Å². The summed E-state index contributed by atoms with van der Waals surface area (Å²) in [6.07, 6.45) is 0. The number of aromatic carboxylic acids is 1. The van der Waals surface area contributed by atoms with Gasteiger partial charge in [0, 0.05) is 5.69 Å². The van der Waals surface area contributed by atoms with E-state index in [0.717, 1.165) is 5.56 Å². The topological polar surface area (TPSA) is 58.6 Å². The number of carboxylic acids is 1. The van der Waals surface area contributed by atoms with Crippen LogP contribution in [0.4, 0.5) is 5.69 Å². The van der Waals surface area contributed by atoms with Crippen LogP contribution in [0.1, 0.15) is 42.6 Å². The molecule has 1 aromatic carbocycles. The number of hydrogen-bond donors (Lipinski definition) is 2. The molecule has 1 aromatic rings. The summed E-state index contributed by atoms with van der Waals surface area (Å²) in [6.45, 7) is 6.15. The highest BCUT2D eigenvalue weighted by Gasteiger charge is 2.17. The lowest BCUT2D eigenvalue weighted by atomic mass is 9.99. The molecule has 4 nitrogen and oxygen atoms in total. The van der Waals surface area contributed by atoms with Crippen LogP contribution in [-0.4, -0.2) is 22.9 Å². The van der Waals surface area contributed by atoms with E-state index in [0.29, 0.717) is 12.3 Å². The molecule has 0 atom stereocenters. The van der Waals surface area contributed by atoms with Gasteiger partial charge >= 0.3 is 5.97 Å². The molecule has 0 aliphatic rings. The number of hydrogen-bond acceptors (Lipinski definition) is 3. The molecule has 2 N–H and O–H groups in total. The van der Waals surface area contributed by atoms with Crippen molar-refractivity contribution in [3.8, 4) is 0 Å². The van der Waals surface area contributed by atoms with Gasteiger partial charge in [0.2, 0.25) is 0 Å². The molecule has 0 saturated carbocycles. The van der Waals surface area contributed by atoms with Crippen molar-refractivity contribution in [2.45, 2.75) is 26.7 Å². The number of ether oxygens (including phenoxy) is 1. The molecular formula is C13H16ClNO3S. The molecule has 104 valence electrons. The monoisotopic (exact) mass is 301 g/mol. The molecule has 0 aliphatic heterocycles. The maximum absolute atomic E-state index is 11.2. The molecule has 0 spiro atoms. The Morgan fingerprint density at radius 3 is 2.63 bits per heavy atom. The fourth-order valence-corrected chi connectivity index (χ4v) is 2.22. The molecule has 0 amide bonds. The molecule has 0 aliphatic carbocycles. The number of thiocarbonyl (C=S) groups is 1. The van der Waals surface area contributed by atoms with Crippen molar-refractivity contribution in [1.29, 1.82) is 0 Å². The van der Waals surface area contributed by atoms with Crippen molar-refractivity contribution in [2.24, 2.45) is 0 Å². The molecule has 1 rings (SSSR count). The fraction of sp³-hybridized carbons (Fsp3) is 0.385. The number of rotatable bonds is 4. The second-order valence-corrected chi connectivity index (χ2v) is 4.98. The first-order valence-electron chi connectivity index (χ1n) is 5.87. The quantitative estimate of drug-likeness (QED) is 0.826. The Morgan fingerprint density at radius 1 is 1.53 bits per heavy atom. The van der Waals surface area contributed by atoms with Gasteiger partial charge in [0.25, 0.3) is 5.17 Å². The summed E-state index contributed by atoms with van der Waals surface area (Å²) in [5, 5.41) is 12.5. The van der Waals surface area contributed by atoms with E-state index < -0.39 is 5.97 Å². The second kappa shape index (κ2) is 6.73. The molecule has 0 bridgehead atoms. The van der Waals surface area contributed by atoms with Gasteiger partial charge in [-0.2, -0.15) is 0 Å². The van der Waals surface area contributed by atoms with Crippen molar-refractivity contribution in [1.82, 2.24) is 0 Å². The first-order valence-corrected chi connectivity index (χ1v) is 6.66. The van der Waals surface area contributed by atoms with Crippen LogP contribution in [0, 0.1) is 0 Å². The number of halogens is 1. The van der Waals surface area contributed by atoms with E-state index in [1.807, 2.05) is 20.8 Å². The van der Waals surface area contributed by atoms with Crippen LogP contribution in [0.5, 0.6) is 0 Å². The van der Waals surface area contributed by atoms with E-state index in [9.17, 15) is 4.79 Å². The Hall–Kier alpha value is -1.33. The van der Waals surface area contributed by atoms with Crippen LogP contribution < -0.4 is 5.32 Å². The Bertz CT molecular complexity index is 503. The van der Waals surface area contributed by atoms with E-state index >= 15 is 0 Å². The van der Waals surface area contributed by atoms with Crippen LogP contribution in [-0.2, 0) is 4.74 Å². The zero-order chi connectivity index (χ0) is 14.6. The zero-order valence-electron chi connectivity index (χ0n) is 11.0. The lowest BCUT2D eigenvalue weighted by Gasteiger charge is -2.15. The summed E-state index contributed by atoms with van der Waals surface area (Å²) in [7, 11) is 0. The van der Waals surface area contributed by atoms with Gasteiger partial charge in [-0.25, -0.2) is 4.79 Å². The summed E-state index contributed by atoms with van der Waals surface area (Å²) in [4.78, 5) is 11.2. The maximum atomic E-state index is 11.2. The molecule has 0 saturated heterocycles. The number of carboxylic acid groups (broad SMARTS) is 1. The molecule has 0 radical (unpaired) electrons. The molecule has 0 fully saturated rings. The van der Waals surface area contributed by atoms with E-state index in [2.05, 4.69) is 5.32 Å². The Kier molecular flexibility index (Phi) is 5.57. The third kappa shape index (κ3) is 4.08. The predicted molar refractivity (Wildman–Crippen MR) is 80.3 cm³/mol. The molecule has 0 unspecified atom stereocenters. The Labute approximate surface area is 122 Å². The summed E-state index contributed by atoms with van der Waals surface area (Å²) >= 11 is 11.1. The highest BCUT2D eigenvalue weighted by Crippen LogP contribution is 2.31. The summed E-state index contributed by atoms with van der Waals surface area (Å²) in [5.74, 6) is -0.967. The highest BCUT2D eigenvalue weighted by molar-refractivity contribution is 7.80. The van der Waals surface area contributed by atoms with Gasteiger partial charge in [0.15, 0.2) is 0 Å². The Morgan fingerprint density at radius 2 is 2.16 bits per heavy atom. The number of anilines is 1. The molecule has 0 aromatic heterocycles. The maximum Gasteiger partial charge on any atom is 0.337 e. The third-order valence-electron chi connectivity index (χ3n) is 2.48. The average molecular weight is 302 g/mol. The zero-order valence-corrected chi connectivity index (χ0v) is 12.6. The largest absolute Gasteiger partial charge is 0.478 e. The first kappa shape index (κ1) is 15.7. The van der Waals surface area contributed by atoms with E-state index in [1.54, 1.807) is 6.07 Å². The number of carbonyl (C=O) groups is 1. The molecule has 19 heavy (non-hydrogen) atoms. The number of benzene rings is 1. The van der Waals surface area contributed by atoms with Gasteiger partial charge in [-0.1, -0.05) is 25.4 Å². The van der Waals surface area contributed by atoms with E-state index in [4.69, 9.17) is 33.7 Å². The molecular weight excluding hydrogens is 286 g/mol. The SMILES string of the molecule is CCOC(=S)Nc1cc(C(=O)O)c(Cl)c(C(C)C)c1. The highest BCUT2D eigenvalue weighted by atomic mass is 35.5. The first-order chi connectivity index (χ1) is 8.86. The van der Waals surface area contributed by atoms with Crippen molar-refractivity contribution in [3.63, 3.8) is 0 Å². The van der Waals surface area contributed by atoms with Crippen LogP contribution in [0.2, 0.25) is 5.02 Å². The normalized spacial score (nSPS) is 10.4. The van der Waals surface area contributed by atoms with Crippen molar-refractivity contribution < 1.29 is 14.6 Å². The van der Waals surface area contributed by atoms with Crippen LogP contribution >= 0.6 is 23.8 Å². The second-order valence-electron chi connectivity index (χ2n) is 4.23. The van der Waals surface area contributed by atoms with Gasteiger partial charge in [-0.3, -0.25) is 0 Å². The lowest BCUT2D eigenvalue weighted by molar-refractivity contribution is 0.0697. The standard InChI is InChI=1S/C13H16ClNO3S/c1-4-18-13(19)15-8-5-9(7(2)3)11(14)10(6-8)12(16)17/h5-7H,4H2,1-3H3,(H,15,19)(H,16,17). The van der Waals surface area contributed by atoms with Crippen LogP contribution in [0.25, 0.3) is 0 Å². The number of nitrogens with one attached hydrogen (secondary N) is 1. The van der Waals surface area contributed by atoms with Crippen LogP contribution in [0.15, 0.2) is 12.1 Å². The predicted octanol–water partition coefficient (Wildman–Crippen LogP) is 3.89. The molecule has 0 heterocycles. The van der Waals surface area contributed by atoms with Crippen molar-refractivity contribution >= 4 is 40.7 Å². The molecule has 6 heteroatoms. The summed E-state index contributed by atoms with van der Waals surface area (Å²) in [5.41, 5.74) is 1.36. The smallest absolute Gasteiger partial charge is 0.337 e. The van der Waals surface area contributed by atoms with E-state index in [-0.39, 0.29) is 21.7 Å². The summed E-state index contributed by atoms with van der Waals surface area (Å²) in [6, 6.07) is 3.23. The van der Waals surface area contributed by atoms with Crippen LogP contribution in [0.3, 0.4) is 0 Å². The Balaban J connectivity index is 3.19. The van der Waals surface area contributed by atoms with Gasteiger partial charge in [-0.15, -0.1) is 0 Å². The average Bonchev–Trinajstić information content (AvgIpc) is 2.30. The van der Waals surface area contributed by atoms with Gasteiger partial charge < -0.3 is 15.2 Å². The van der Waals surface area contributed by atoms with E-state index in [1.165, 1.54) is 6.07 Å². The van der Waals surface area contributed by atoms with Crippen molar-refractivity contribution in [3.05, 3.63) is 28.3 Å². The summed E-state index contributed by atoms with van der Waals surface area (Å²) < 4.78 is 5.12. The van der Waals surface area contributed by atoms with Gasteiger partial charge in [0.05, 0.1) is 17.2 Å². The van der Waals surface area contributed by atoms with Gasteiger partial charge in [-0.05, 0) is 42.8 Å². The lowest BCUT2D eigenvalue weighted by Crippen LogP contribution is -2.14. The van der Waals surface area contributed by atoms with Crippen molar-refractivity contribution in [2.75, 3.05) is 11.9 Å². The minimum atomic E-state index is -1.07. The minimum absolute atomic E-state index is 0.0506. The third-order valence-corrected chi connectivity index (χ3v) is 3.12. The minimum Gasteiger partial charge on any atom is -0.478 e.